The van der Waals surface area contributed by atoms with E-state index in [4.69, 9.17) is 4.74 Å². The topological polar surface area (TPSA) is 66.9 Å². The van der Waals surface area contributed by atoms with Crippen molar-refractivity contribution in [2.75, 3.05) is 33.3 Å². The third-order valence-electron chi connectivity index (χ3n) is 6.84. The van der Waals surface area contributed by atoms with Crippen molar-refractivity contribution in [1.82, 2.24) is 9.21 Å². The van der Waals surface area contributed by atoms with Crippen molar-refractivity contribution in [3.8, 4) is 5.75 Å². The lowest BCUT2D eigenvalue weighted by Gasteiger charge is -2.37. The second-order valence-electron chi connectivity index (χ2n) is 8.93. The van der Waals surface area contributed by atoms with Gasteiger partial charge in [0.15, 0.2) is 0 Å². The van der Waals surface area contributed by atoms with Crippen LogP contribution in [0.4, 0.5) is 4.39 Å². The fraction of sp³-hybridized carbons (Fsp3) is 0.480. The maximum absolute atomic E-state index is 13.7. The number of carbonyl (C=O) groups is 1. The number of rotatable bonds is 6. The van der Waals surface area contributed by atoms with Crippen LogP contribution in [0, 0.1) is 17.7 Å². The van der Waals surface area contributed by atoms with E-state index >= 15 is 0 Å². The van der Waals surface area contributed by atoms with Gasteiger partial charge in [-0.3, -0.25) is 4.79 Å². The molecular weight excluding hydrogens is 443 g/mol. The molecule has 8 heteroatoms. The Balaban J connectivity index is 1.31. The van der Waals surface area contributed by atoms with E-state index in [1.165, 1.54) is 29.1 Å². The van der Waals surface area contributed by atoms with Crippen LogP contribution in [0.3, 0.4) is 0 Å². The van der Waals surface area contributed by atoms with Gasteiger partial charge < -0.3 is 9.64 Å². The van der Waals surface area contributed by atoms with Crippen molar-refractivity contribution in [3.63, 3.8) is 0 Å². The number of hydrogen-bond donors (Lipinski definition) is 0. The molecule has 0 aliphatic carbocycles. The van der Waals surface area contributed by atoms with E-state index in [-0.39, 0.29) is 35.6 Å². The van der Waals surface area contributed by atoms with Crippen molar-refractivity contribution in [2.24, 2.45) is 11.8 Å². The number of methoxy groups -OCH3 is 1. The van der Waals surface area contributed by atoms with Crippen molar-refractivity contribution in [3.05, 3.63) is 59.9 Å². The zero-order valence-corrected chi connectivity index (χ0v) is 19.8. The Hall–Kier alpha value is -2.45. The average Bonchev–Trinajstić information content (AvgIpc) is 2.85. The molecule has 2 saturated heterocycles. The molecule has 1 amide bonds. The number of sulfonamides is 1. The van der Waals surface area contributed by atoms with Crippen LogP contribution in [0.1, 0.15) is 31.2 Å². The Labute approximate surface area is 195 Å². The Morgan fingerprint density at radius 1 is 1.00 bits per heavy atom. The Morgan fingerprint density at radius 2 is 1.67 bits per heavy atom. The molecule has 2 aromatic carbocycles. The normalized spacial score (nSPS) is 18.9. The third-order valence-corrected chi connectivity index (χ3v) is 8.76. The minimum absolute atomic E-state index is 0.118. The number of carbonyl (C=O) groups excluding carboxylic acids is 1. The maximum Gasteiger partial charge on any atom is 0.246 e. The fourth-order valence-corrected chi connectivity index (χ4v) is 6.53. The predicted octanol–water partition coefficient (Wildman–Crippen LogP) is 3.72. The van der Waals surface area contributed by atoms with Crippen LogP contribution in [0.15, 0.2) is 53.4 Å². The average molecular weight is 475 g/mol. The van der Waals surface area contributed by atoms with Crippen molar-refractivity contribution < 1.29 is 22.3 Å². The number of nitrogens with zero attached hydrogens (tertiary/aromatic N) is 2. The number of piperidine rings is 2. The molecule has 0 radical (unpaired) electrons. The Kier molecular flexibility index (Phi) is 7.34. The predicted molar refractivity (Wildman–Crippen MR) is 124 cm³/mol. The standard InChI is InChI=1S/C25H31FN2O4S/c1-32-23-8-7-22(26)18-24(23)33(30,31)28-15-11-21(12-16-28)25(29)27-13-9-20(10-14-27)17-19-5-3-2-4-6-19/h2-8,18,20-21H,9-17H2,1H3. The summed E-state index contributed by atoms with van der Waals surface area (Å²) in [5.41, 5.74) is 1.34. The van der Waals surface area contributed by atoms with Crippen LogP contribution in [0.5, 0.6) is 5.75 Å². The lowest BCUT2D eigenvalue weighted by Crippen LogP contribution is -2.46. The van der Waals surface area contributed by atoms with Crippen LogP contribution >= 0.6 is 0 Å². The SMILES string of the molecule is COc1ccc(F)cc1S(=O)(=O)N1CCC(C(=O)N2CCC(Cc3ccccc3)CC2)CC1. The molecule has 0 aromatic heterocycles. The van der Waals surface area contributed by atoms with E-state index < -0.39 is 15.8 Å². The molecule has 2 heterocycles. The summed E-state index contributed by atoms with van der Waals surface area (Å²) in [6.07, 6.45) is 3.97. The molecule has 0 unspecified atom stereocenters. The van der Waals surface area contributed by atoms with Gasteiger partial charge in [-0.1, -0.05) is 30.3 Å². The first-order chi connectivity index (χ1) is 15.9. The second-order valence-corrected chi connectivity index (χ2v) is 10.8. The highest BCUT2D eigenvalue weighted by Crippen LogP contribution is 2.31. The van der Waals surface area contributed by atoms with Crippen LogP contribution < -0.4 is 4.74 Å². The summed E-state index contributed by atoms with van der Waals surface area (Å²) in [7, 11) is -2.53. The van der Waals surface area contributed by atoms with Crippen LogP contribution in [-0.4, -0.2) is 56.8 Å². The fourth-order valence-electron chi connectivity index (χ4n) is 4.90. The number of halogens is 1. The zero-order valence-electron chi connectivity index (χ0n) is 19.0. The molecule has 0 saturated carbocycles. The molecule has 2 aliphatic heterocycles. The number of benzene rings is 2. The summed E-state index contributed by atoms with van der Waals surface area (Å²) in [4.78, 5) is 14.9. The minimum Gasteiger partial charge on any atom is -0.495 e. The molecule has 4 rings (SSSR count). The molecule has 33 heavy (non-hydrogen) atoms. The molecule has 0 N–H and O–H groups in total. The smallest absolute Gasteiger partial charge is 0.246 e. The largest absolute Gasteiger partial charge is 0.495 e. The lowest BCUT2D eigenvalue weighted by molar-refractivity contribution is -0.138. The van der Waals surface area contributed by atoms with E-state index in [0.29, 0.717) is 18.8 Å². The van der Waals surface area contributed by atoms with Crippen molar-refractivity contribution in [2.45, 2.75) is 37.0 Å². The van der Waals surface area contributed by atoms with Crippen molar-refractivity contribution >= 4 is 15.9 Å². The van der Waals surface area contributed by atoms with E-state index in [2.05, 4.69) is 24.3 Å². The van der Waals surface area contributed by atoms with E-state index in [1.54, 1.807) is 0 Å². The molecule has 2 aliphatic rings. The summed E-state index contributed by atoms with van der Waals surface area (Å²) in [5.74, 6) is 0.0397. The van der Waals surface area contributed by atoms with Gasteiger partial charge in [0.1, 0.15) is 16.5 Å². The molecule has 0 atom stereocenters. The highest BCUT2D eigenvalue weighted by atomic mass is 32.2. The van der Waals surface area contributed by atoms with Gasteiger partial charge in [0.25, 0.3) is 0 Å². The Morgan fingerprint density at radius 3 is 2.30 bits per heavy atom. The lowest BCUT2D eigenvalue weighted by atomic mass is 9.89. The zero-order chi connectivity index (χ0) is 23.4. The quantitative estimate of drug-likeness (QED) is 0.640. The van der Waals surface area contributed by atoms with Gasteiger partial charge >= 0.3 is 0 Å². The summed E-state index contributed by atoms with van der Waals surface area (Å²) < 4.78 is 46.3. The highest BCUT2D eigenvalue weighted by molar-refractivity contribution is 7.89. The van der Waals surface area contributed by atoms with E-state index in [0.717, 1.165) is 38.4 Å². The van der Waals surface area contributed by atoms with Crippen LogP contribution in [0.25, 0.3) is 0 Å². The van der Waals surface area contributed by atoms with E-state index in [9.17, 15) is 17.6 Å². The first kappa shape index (κ1) is 23.7. The number of amides is 1. The highest BCUT2D eigenvalue weighted by Gasteiger charge is 2.36. The van der Waals surface area contributed by atoms with Crippen LogP contribution in [0.2, 0.25) is 0 Å². The number of ether oxygens (including phenoxy) is 1. The van der Waals surface area contributed by atoms with Gasteiger partial charge in [-0.2, -0.15) is 4.31 Å². The minimum atomic E-state index is -3.89. The summed E-state index contributed by atoms with van der Waals surface area (Å²) in [6.45, 7) is 2.00. The molecule has 178 valence electrons. The van der Waals surface area contributed by atoms with Gasteiger partial charge in [0.05, 0.1) is 7.11 Å². The summed E-state index contributed by atoms with van der Waals surface area (Å²) in [6, 6.07) is 13.9. The molecular formula is C25H31FN2O4S. The van der Waals surface area contributed by atoms with Gasteiger partial charge in [0.2, 0.25) is 15.9 Å². The monoisotopic (exact) mass is 474 g/mol. The molecule has 0 spiro atoms. The van der Waals surface area contributed by atoms with Crippen molar-refractivity contribution in [1.29, 1.82) is 0 Å². The molecule has 2 aromatic rings. The van der Waals surface area contributed by atoms with Crippen LogP contribution in [-0.2, 0) is 21.2 Å². The van der Waals surface area contributed by atoms with Gasteiger partial charge in [0, 0.05) is 32.1 Å². The summed E-state index contributed by atoms with van der Waals surface area (Å²) in [5, 5.41) is 0. The van der Waals surface area contributed by atoms with Gasteiger partial charge in [-0.05, 0) is 61.8 Å². The molecule has 0 bridgehead atoms. The number of likely N-dealkylation sites (tertiary alicyclic amines) is 1. The van der Waals surface area contributed by atoms with Gasteiger partial charge in [-0.25, -0.2) is 12.8 Å². The second kappa shape index (κ2) is 10.2. The number of hydrogen-bond acceptors (Lipinski definition) is 4. The van der Waals surface area contributed by atoms with E-state index in [1.807, 2.05) is 11.0 Å². The molecule has 6 nitrogen and oxygen atoms in total. The Bertz CT molecular complexity index is 1060. The first-order valence-electron chi connectivity index (χ1n) is 11.5. The molecule has 2 fully saturated rings. The maximum atomic E-state index is 13.7. The van der Waals surface area contributed by atoms with Gasteiger partial charge in [-0.15, -0.1) is 0 Å². The summed E-state index contributed by atoms with van der Waals surface area (Å²) >= 11 is 0. The third kappa shape index (κ3) is 5.38. The first-order valence-corrected chi connectivity index (χ1v) is 13.0.